The topological polar surface area (TPSA) is 96.5 Å². The van der Waals surface area contributed by atoms with Crippen LogP contribution >= 0.6 is 12.2 Å². The third kappa shape index (κ3) is 6.93. The number of benzene rings is 1. The number of rotatable bonds is 11. The Morgan fingerprint density at radius 3 is 2.11 bits per heavy atom. The van der Waals surface area contributed by atoms with Crippen molar-refractivity contribution in [2.24, 2.45) is 17.8 Å². The average Bonchev–Trinajstić information content (AvgIpc) is 2.89. The van der Waals surface area contributed by atoms with Crippen LogP contribution in [0.1, 0.15) is 71.9 Å². The Hall–Kier alpha value is -2.74. The largest absolute Gasteiger partial charge is 0.467 e. The Balaban J connectivity index is 2.37. The summed E-state index contributed by atoms with van der Waals surface area (Å²) in [5, 5.41) is 9.14. The van der Waals surface area contributed by atoms with Gasteiger partial charge in [-0.2, -0.15) is 0 Å². The van der Waals surface area contributed by atoms with Gasteiger partial charge in [0.05, 0.1) is 13.2 Å². The predicted octanol–water partition coefficient (Wildman–Crippen LogP) is 4.00. The number of ether oxygens (including phenoxy) is 1. The summed E-state index contributed by atoms with van der Waals surface area (Å²) in [5.74, 6) is -1.26. The third-order valence-corrected chi connectivity index (χ3v) is 7.70. The molecule has 0 saturated carbocycles. The number of methoxy groups -OCH3 is 1. The van der Waals surface area contributed by atoms with Gasteiger partial charge in [-0.05, 0) is 28.9 Å². The van der Waals surface area contributed by atoms with Crippen molar-refractivity contribution in [2.75, 3.05) is 7.11 Å². The van der Waals surface area contributed by atoms with Crippen LogP contribution < -0.4 is 16.0 Å². The van der Waals surface area contributed by atoms with Gasteiger partial charge in [0.1, 0.15) is 17.1 Å². The lowest BCUT2D eigenvalue weighted by molar-refractivity contribution is -0.147. The van der Waals surface area contributed by atoms with Crippen molar-refractivity contribution in [3.05, 3.63) is 41.5 Å². The van der Waals surface area contributed by atoms with Gasteiger partial charge in [0.15, 0.2) is 0 Å². The molecule has 1 heterocycles. The number of hydrogen-bond acceptors (Lipinski definition) is 5. The monoisotopic (exact) mass is 515 g/mol. The number of fused-ring (bicyclic) bond motifs is 1. The summed E-state index contributed by atoms with van der Waals surface area (Å²) in [4.78, 5) is 39.6. The number of amides is 2. The molecule has 1 aromatic carbocycles. The maximum atomic E-state index is 13.3. The Bertz CT molecular complexity index is 993. The number of esters is 1. The first-order valence-electron chi connectivity index (χ1n) is 12.9. The van der Waals surface area contributed by atoms with Crippen LogP contribution in [0.25, 0.3) is 5.57 Å². The molecule has 0 bridgehead atoms. The maximum Gasteiger partial charge on any atom is 0.328 e. The van der Waals surface area contributed by atoms with Gasteiger partial charge in [0, 0.05) is 11.6 Å². The van der Waals surface area contributed by atoms with Crippen LogP contribution in [0.4, 0.5) is 0 Å². The summed E-state index contributed by atoms with van der Waals surface area (Å²) in [7, 11) is 1.30. The molecular formula is C28H41N3O4S. The highest BCUT2D eigenvalue weighted by Crippen LogP contribution is 2.32. The van der Waals surface area contributed by atoms with Crippen molar-refractivity contribution in [1.29, 1.82) is 0 Å². The fourth-order valence-electron chi connectivity index (χ4n) is 4.33. The second kappa shape index (κ2) is 13.5. The molecule has 36 heavy (non-hydrogen) atoms. The Kier molecular flexibility index (Phi) is 11.1. The van der Waals surface area contributed by atoms with Gasteiger partial charge < -0.3 is 20.7 Å². The van der Waals surface area contributed by atoms with Gasteiger partial charge in [0.2, 0.25) is 11.8 Å². The first-order valence-corrected chi connectivity index (χ1v) is 13.3. The van der Waals surface area contributed by atoms with E-state index in [1.165, 1.54) is 7.11 Å². The SMILES string of the molecule is CC[C@H](C)[C@H](NC(=O)C=C1c2ccccc2C(=S)N[C@H]1[C@@H](C)CC)C(=O)N[C@H](C(=O)OC)[C@@H](C)CC. The quantitative estimate of drug-likeness (QED) is 0.234. The van der Waals surface area contributed by atoms with Crippen LogP contribution in [0, 0.1) is 17.8 Å². The molecule has 0 unspecified atom stereocenters. The Labute approximate surface area is 220 Å². The van der Waals surface area contributed by atoms with E-state index >= 15 is 0 Å². The number of hydrogen-bond donors (Lipinski definition) is 3. The van der Waals surface area contributed by atoms with E-state index in [1.54, 1.807) is 6.08 Å². The first-order chi connectivity index (χ1) is 17.1. The minimum atomic E-state index is -0.800. The molecule has 2 amide bonds. The van der Waals surface area contributed by atoms with Gasteiger partial charge in [-0.25, -0.2) is 4.79 Å². The van der Waals surface area contributed by atoms with Crippen molar-refractivity contribution in [1.82, 2.24) is 16.0 Å². The molecule has 0 radical (unpaired) electrons. The molecule has 6 atom stereocenters. The van der Waals surface area contributed by atoms with Crippen molar-refractivity contribution < 1.29 is 19.1 Å². The Morgan fingerprint density at radius 2 is 1.56 bits per heavy atom. The zero-order chi connectivity index (χ0) is 27.0. The van der Waals surface area contributed by atoms with E-state index in [4.69, 9.17) is 17.0 Å². The van der Waals surface area contributed by atoms with Gasteiger partial charge in [0.25, 0.3) is 0 Å². The van der Waals surface area contributed by atoms with E-state index in [1.807, 2.05) is 52.0 Å². The zero-order valence-electron chi connectivity index (χ0n) is 22.5. The normalized spacial score (nSPS) is 20.2. The van der Waals surface area contributed by atoms with Crippen molar-refractivity contribution in [3.8, 4) is 0 Å². The number of thiocarbonyl (C=S) groups is 1. The highest BCUT2D eigenvalue weighted by atomic mass is 32.1. The molecule has 0 aliphatic carbocycles. The van der Waals surface area contributed by atoms with Gasteiger partial charge >= 0.3 is 5.97 Å². The highest BCUT2D eigenvalue weighted by Gasteiger charge is 2.34. The van der Waals surface area contributed by atoms with Gasteiger partial charge in [-0.3, -0.25) is 9.59 Å². The van der Waals surface area contributed by atoms with Crippen LogP contribution in [0.5, 0.6) is 0 Å². The smallest absolute Gasteiger partial charge is 0.328 e. The van der Waals surface area contributed by atoms with Crippen molar-refractivity contribution >= 4 is 40.6 Å². The number of nitrogens with one attached hydrogen (secondary N) is 3. The lowest BCUT2D eigenvalue weighted by atomic mass is 9.83. The van der Waals surface area contributed by atoms with Crippen molar-refractivity contribution in [2.45, 2.75) is 78.9 Å². The van der Waals surface area contributed by atoms with Crippen LogP contribution in [-0.2, 0) is 19.1 Å². The minimum Gasteiger partial charge on any atom is -0.467 e. The zero-order valence-corrected chi connectivity index (χ0v) is 23.3. The van der Waals surface area contributed by atoms with E-state index in [0.29, 0.717) is 17.8 Å². The molecule has 1 aromatic rings. The fraction of sp³-hybridized carbons (Fsp3) is 0.571. The molecule has 0 spiro atoms. The second-order valence-electron chi connectivity index (χ2n) is 9.75. The lowest BCUT2D eigenvalue weighted by Gasteiger charge is -2.34. The molecule has 7 nitrogen and oxygen atoms in total. The molecule has 0 fully saturated rings. The van der Waals surface area contributed by atoms with Crippen LogP contribution in [-0.4, -0.2) is 48.0 Å². The minimum absolute atomic E-state index is 0.109. The molecule has 2 rings (SSSR count). The third-order valence-electron chi connectivity index (χ3n) is 7.36. The Morgan fingerprint density at radius 1 is 0.972 bits per heavy atom. The molecule has 8 heteroatoms. The predicted molar refractivity (Wildman–Crippen MR) is 147 cm³/mol. The van der Waals surface area contributed by atoms with Gasteiger partial charge in [-0.1, -0.05) is 97.3 Å². The molecule has 1 aliphatic rings. The van der Waals surface area contributed by atoms with Crippen molar-refractivity contribution in [3.63, 3.8) is 0 Å². The molecule has 0 aromatic heterocycles. The fourth-order valence-corrected chi connectivity index (χ4v) is 4.63. The first kappa shape index (κ1) is 29.5. The van der Waals surface area contributed by atoms with Crippen LogP contribution in [0.15, 0.2) is 30.3 Å². The summed E-state index contributed by atoms with van der Waals surface area (Å²) in [6.07, 6.45) is 3.86. The van der Waals surface area contributed by atoms with Crippen LogP contribution in [0.2, 0.25) is 0 Å². The molecule has 1 aliphatic heterocycles. The summed E-state index contributed by atoms with van der Waals surface area (Å²) >= 11 is 5.60. The summed E-state index contributed by atoms with van der Waals surface area (Å²) < 4.78 is 4.90. The average molecular weight is 516 g/mol. The second-order valence-corrected chi connectivity index (χ2v) is 10.2. The van der Waals surface area contributed by atoms with Gasteiger partial charge in [-0.15, -0.1) is 0 Å². The van der Waals surface area contributed by atoms with E-state index in [9.17, 15) is 14.4 Å². The molecule has 0 saturated heterocycles. The summed E-state index contributed by atoms with van der Waals surface area (Å²) in [6.45, 7) is 11.9. The molecule has 3 N–H and O–H groups in total. The molecular weight excluding hydrogens is 474 g/mol. The number of carbonyl (C=O) groups excluding carboxylic acids is 3. The highest BCUT2D eigenvalue weighted by molar-refractivity contribution is 7.80. The van der Waals surface area contributed by atoms with E-state index < -0.39 is 24.0 Å². The summed E-state index contributed by atoms with van der Waals surface area (Å²) in [5.41, 5.74) is 2.66. The maximum absolute atomic E-state index is 13.3. The standard InChI is InChI=1S/C28H41N3O4S/c1-8-16(4)23-21(19-13-11-12-14-20(19)27(36)31-23)15-22(32)29-24(17(5)9-2)26(33)30-25(18(6)10-3)28(34)35-7/h11-18,23-25H,8-10H2,1-7H3,(H,29,32)(H,30,33)(H,31,36)/t16-,17-,18-,23-,24-,25-/m0/s1. The van der Waals surface area contributed by atoms with E-state index in [0.717, 1.165) is 23.1 Å². The van der Waals surface area contributed by atoms with E-state index in [2.05, 4.69) is 29.8 Å². The molecule has 198 valence electrons. The van der Waals surface area contributed by atoms with Crippen LogP contribution in [0.3, 0.4) is 0 Å². The van der Waals surface area contributed by atoms with E-state index in [-0.39, 0.29) is 29.7 Å². The lowest BCUT2D eigenvalue weighted by Crippen LogP contribution is -2.55. The summed E-state index contributed by atoms with van der Waals surface area (Å²) in [6, 6.07) is 6.08. The number of carbonyl (C=O) groups is 3.